The van der Waals surface area contributed by atoms with E-state index in [1.165, 1.54) is 6.26 Å². The molecule has 2 atom stereocenters. The van der Waals surface area contributed by atoms with Gasteiger partial charge in [-0.15, -0.1) is 0 Å². The van der Waals surface area contributed by atoms with Crippen LogP contribution >= 0.6 is 0 Å². The van der Waals surface area contributed by atoms with Gasteiger partial charge in [-0.05, 0) is 6.42 Å². The van der Waals surface area contributed by atoms with Crippen molar-refractivity contribution < 1.29 is 8.42 Å². The molecule has 3 rings (SSSR count). The summed E-state index contributed by atoms with van der Waals surface area (Å²) in [6.07, 6.45) is 1.86. The quantitative estimate of drug-likeness (QED) is 0.452. The van der Waals surface area contributed by atoms with Crippen molar-refractivity contribution in [2.24, 2.45) is 5.84 Å². The van der Waals surface area contributed by atoms with Gasteiger partial charge >= 0.3 is 0 Å². The number of sulfone groups is 1. The van der Waals surface area contributed by atoms with E-state index in [-0.39, 0.29) is 11.8 Å². The molecule has 3 heterocycles. The lowest BCUT2D eigenvalue weighted by Crippen LogP contribution is -2.67. The third kappa shape index (κ3) is 3.38. The number of fused-ring (bicyclic) bond motifs is 3. The number of hydrogen-bond donors (Lipinski definition) is 2. The zero-order valence-electron chi connectivity index (χ0n) is 10.3. The topological polar surface area (TPSA) is 78.7 Å². The smallest absolute Gasteiger partial charge is 0.147 e. The minimum Gasteiger partial charge on any atom is -0.299 e. The molecular weight excluding hydrogens is 240 g/mol. The lowest BCUT2D eigenvalue weighted by molar-refractivity contribution is -0.00363. The summed E-state index contributed by atoms with van der Waals surface area (Å²) < 4.78 is 22.4. The van der Waals surface area contributed by atoms with E-state index >= 15 is 0 Å². The first-order valence-electron chi connectivity index (χ1n) is 6.10. The zero-order chi connectivity index (χ0) is 12.5. The molecule has 6 nitrogen and oxygen atoms in total. The normalized spacial score (nSPS) is 34.8. The molecule has 0 amide bonds. The van der Waals surface area contributed by atoms with E-state index in [1.807, 2.05) is 0 Å². The average molecular weight is 262 g/mol. The molecule has 2 bridgehead atoms. The van der Waals surface area contributed by atoms with Crippen LogP contribution in [0, 0.1) is 0 Å². The molecule has 0 aromatic carbocycles. The monoisotopic (exact) mass is 262 g/mol. The van der Waals surface area contributed by atoms with Crippen molar-refractivity contribution in [3.05, 3.63) is 0 Å². The van der Waals surface area contributed by atoms with E-state index in [2.05, 4.69) is 15.2 Å². The van der Waals surface area contributed by atoms with Crippen molar-refractivity contribution in [3.63, 3.8) is 0 Å². The fraction of sp³-hybridized carbons (Fsp3) is 1.00. The Kier molecular flexibility index (Phi) is 4.04. The number of nitrogens with two attached hydrogens (primary N) is 1. The largest absolute Gasteiger partial charge is 0.299 e. The Morgan fingerprint density at radius 2 is 2.00 bits per heavy atom. The van der Waals surface area contributed by atoms with Crippen LogP contribution in [0.2, 0.25) is 0 Å². The van der Waals surface area contributed by atoms with Gasteiger partial charge in [0.15, 0.2) is 0 Å². The van der Waals surface area contributed by atoms with Crippen molar-refractivity contribution >= 4 is 9.84 Å². The second-order valence-electron chi connectivity index (χ2n) is 5.10. The molecule has 0 radical (unpaired) electrons. The van der Waals surface area contributed by atoms with Gasteiger partial charge < -0.3 is 0 Å². The lowest BCUT2D eigenvalue weighted by atomic mass is 9.99. The number of hydrogen-bond acceptors (Lipinski definition) is 6. The summed E-state index contributed by atoms with van der Waals surface area (Å²) in [4.78, 5) is 4.85. The van der Waals surface area contributed by atoms with E-state index in [9.17, 15) is 8.42 Å². The first-order valence-corrected chi connectivity index (χ1v) is 8.16. The predicted octanol–water partition coefficient (Wildman–Crippen LogP) is -1.75. The summed E-state index contributed by atoms with van der Waals surface area (Å²) in [5, 5.41) is 0. The number of nitrogens with zero attached hydrogens (tertiary/aromatic N) is 2. The van der Waals surface area contributed by atoms with Crippen LogP contribution in [-0.2, 0) is 9.84 Å². The number of piperazine rings is 3. The second-order valence-corrected chi connectivity index (χ2v) is 7.36. The van der Waals surface area contributed by atoms with Crippen LogP contribution in [0.3, 0.4) is 0 Å². The van der Waals surface area contributed by atoms with Gasteiger partial charge in [0.25, 0.3) is 0 Å². The van der Waals surface area contributed by atoms with E-state index in [0.717, 1.165) is 32.7 Å². The molecule has 0 spiro atoms. The van der Waals surface area contributed by atoms with Crippen molar-refractivity contribution in [2.75, 3.05) is 44.7 Å². The SMILES string of the molecule is CS(=O)(=O)CCC(NN)C1CN2CCN1CC2. The third-order valence-corrected chi connectivity index (χ3v) is 4.78. The van der Waals surface area contributed by atoms with Gasteiger partial charge in [0.05, 0.1) is 5.75 Å². The third-order valence-electron chi connectivity index (χ3n) is 3.80. The fourth-order valence-corrected chi connectivity index (χ4v) is 3.45. The Hall–Kier alpha value is -0.210. The Balaban J connectivity index is 1.94. The Morgan fingerprint density at radius 1 is 1.35 bits per heavy atom. The van der Waals surface area contributed by atoms with Gasteiger partial charge in [-0.2, -0.15) is 0 Å². The molecule has 2 unspecified atom stereocenters. The maximum Gasteiger partial charge on any atom is 0.147 e. The summed E-state index contributed by atoms with van der Waals surface area (Å²) in [6, 6.07) is 0.414. The van der Waals surface area contributed by atoms with Crippen LogP contribution in [0.25, 0.3) is 0 Å². The Labute approximate surface area is 103 Å². The molecule has 3 N–H and O–H groups in total. The molecule has 3 saturated heterocycles. The van der Waals surface area contributed by atoms with Crippen molar-refractivity contribution in [1.82, 2.24) is 15.2 Å². The molecule has 3 fully saturated rings. The number of rotatable bonds is 5. The molecule has 17 heavy (non-hydrogen) atoms. The summed E-state index contributed by atoms with van der Waals surface area (Å²) in [5.41, 5.74) is 2.80. The molecule has 7 heteroatoms. The van der Waals surface area contributed by atoms with Crippen molar-refractivity contribution in [2.45, 2.75) is 18.5 Å². The standard InChI is InChI=1S/C10H22N4O2S/c1-17(15,16)7-2-9(12-11)10-8-13-3-5-14(10)6-4-13/h9-10,12H,2-8,11H2,1H3. The van der Waals surface area contributed by atoms with Crippen molar-refractivity contribution in [3.8, 4) is 0 Å². The van der Waals surface area contributed by atoms with Gasteiger partial charge in [-0.25, -0.2) is 8.42 Å². The maximum absolute atomic E-state index is 11.2. The van der Waals surface area contributed by atoms with Gasteiger partial charge in [-0.3, -0.25) is 21.1 Å². The molecule has 0 aliphatic carbocycles. The minimum absolute atomic E-state index is 0.0628. The van der Waals surface area contributed by atoms with Crippen LogP contribution in [0.5, 0.6) is 0 Å². The minimum atomic E-state index is -2.91. The summed E-state index contributed by atoms with van der Waals surface area (Å²) in [5.74, 6) is 5.78. The summed E-state index contributed by atoms with van der Waals surface area (Å²) in [7, 11) is -2.91. The molecule has 3 aliphatic heterocycles. The predicted molar refractivity (Wildman–Crippen MR) is 67.2 cm³/mol. The molecule has 100 valence electrons. The van der Waals surface area contributed by atoms with E-state index in [0.29, 0.717) is 12.5 Å². The second kappa shape index (κ2) is 5.19. The van der Waals surface area contributed by atoms with Crippen LogP contribution in [-0.4, -0.2) is 75.0 Å². The molecular formula is C10H22N4O2S. The summed E-state index contributed by atoms with van der Waals surface area (Å²) >= 11 is 0. The average Bonchev–Trinajstić information content (AvgIpc) is 2.30. The highest BCUT2D eigenvalue weighted by Crippen LogP contribution is 2.19. The molecule has 0 aromatic rings. The maximum atomic E-state index is 11.2. The van der Waals surface area contributed by atoms with Gasteiger partial charge in [0.1, 0.15) is 9.84 Å². The van der Waals surface area contributed by atoms with Gasteiger partial charge in [0.2, 0.25) is 0 Å². The van der Waals surface area contributed by atoms with E-state index < -0.39 is 9.84 Å². The molecule has 0 saturated carbocycles. The molecule has 0 aromatic heterocycles. The zero-order valence-corrected chi connectivity index (χ0v) is 11.1. The first-order chi connectivity index (χ1) is 7.99. The van der Waals surface area contributed by atoms with E-state index in [4.69, 9.17) is 5.84 Å². The Morgan fingerprint density at radius 3 is 2.41 bits per heavy atom. The number of hydrazine groups is 1. The van der Waals surface area contributed by atoms with Crippen LogP contribution in [0.1, 0.15) is 6.42 Å². The van der Waals surface area contributed by atoms with Crippen LogP contribution < -0.4 is 11.3 Å². The Bertz CT molecular complexity index is 351. The van der Waals surface area contributed by atoms with Gasteiger partial charge in [0, 0.05) is 51.1 Å². The highest BCUT2D eigenvalue weighted by Gasteiger charge is 2.36. The van der Waals surface area contributed by atoms with Crippen LogP contribution in [0.15, 0.2) is 0 Å². The van der Waals surface area contributed by atoms with Gasteiger partial charge in [-0.1, -0.05) is 0 Å². The highest BCUT2D eigenvalue weighted by molar-refractivity contribution is 7.90. The summed E-state index contributed by atoms with van der Waals surface area (Å²) in [6.45, 7) is 5.39. The molecule has 3 aliphatic rings. The first kappa shape index (κ1) is 13.2. The number of nitrogens with one attached hydrogen (secondary N) is 1. The fourth-order valence-electron chi connectivity index (χ4n) is 2.77. The highest BCUT2D eigenvalue weighted by atomic mass is 32.2. The van der Waals surface area contributed by atoms with Crippen LogP contribution in [0.4, 0.5) is 0 Å². The van der Waals surface area contributed by atoms with Crippen molar-refractivity contribution in [1.29, 1.82) is 0 Å². The van der Waals surface area contributed by atoms with E-state index in [1.54, 1.807) is 0 Å². The lowest BCUT2D eigenvalue weighted by Gasteiger charge is -2.50.